The molecule has 0 aliphatic heterocycles. The van der Waals surface area contributed by atoms with Gasteiger partial charge in [0.1, 0.15) is 13.2 Å². The first-order valence-corrected chi connectivity index (χ1v) is 28.5. The van der Waals surface area contributed by atoms with Crippen LogP contribution in [0, 0.1) is 0 Å². The number of carbonyl (C=O) groups excluding carboxylic acids is 3. The number of hydrogen-bond donors (Lipinski definition) is 0. The maximum atomic E-state index is 12.8. The Morgan fingerprint density at radius 3 is 0.635 bits per heavy atom. The first-order chi connectivity index (χ1) is 31.0. The van der Waals surface area contributed by atoms with E-state index in [4.69, 9.17) is 14.2 Å². The fourth-order valence-corrected chi connectivity index (χ4v) is 8.80. The molecular formula is C57H110O6. The molecule has 0 heterocycles. The Hall–Kier alpha value is -1.59. The second-order valence-electron chi connectivity index (χ2n) is 19.6. The van der Waals surface area contributed by atoms with Crippen LogP contribution in [0.15, 0.2) is 0 Å². The fraction of sp³-hybridized carbons (Fsp3) is 0.947. The first-order valence-electron chi connectivity index (χ1n) is 28.5. The van der Waals surface area contributed by atoms with Crippen molar-refractivity contribution in [1.82, 2.24) is 0 Å². The van der Waals surface area contributed by atoms with E-state index in [1.807, 2.05) is 0 Å². The van der Waals surface area contributed by atoms with Crippen molar-refractivity contribution >= 4 is 17.9 Å². The van der Waals surface area contributed by atoms with Crippen molar-refractivity contribution in [3.63, 3.8) is 0 Å². The summed E-state index contributed by atoms with van der Waals surface area (Å²) in [5, 5.41) is 0. The van der Waals surface area contributed by atoms with Crippen LogP contribution in [0.4, 0.5) is 0 Å². The Kier molecular flexibility index (Phi) is 51.7. The number of rotatable bonds is 53. The predicted octanol–water partition coefficient (Wildman–Crippen LogP) is 18.8. The van der Waals surface area contributed by atoms with Gasteiger partial charge in [-0.15, -0.1) is 0 Å². The van der Waals surface area contributed by atoms with E-state index in [0.717, 1.165) is 57.8 Å². The maximum absolute atomic E-state index is 12.8. The summed E-state index contributed by atoms with van der Waals surface area (Å²) < 4.78 is 16.8. The Morgan fingerprint density at radius 1 is 0.254 bits per heavy atom. The highest BCUT2D eigenvalue weighted by Gasteiger charge is 2.19. The zero-order valence-corrected chi connectivity index (χ0v) is 42.9. The normalized spacial score (nSPS) is 11.9. The van der Waals surface area contributed by atoms with E-state index >= 15 is 0 Å². The molecule has 0 aromatic carbocycles. The lowest BCUT2D eigenvalue weighted by Gasteiger charge is -2.18. The van der Waals surface area contributed by atoms with Gasteiger partial charge in [0, 0.05) is 19.3 Å². The smallest absolute Gasteiger partial charge is 0.306 e. The van der Waals surface area contributed by atoms with E-state index in [1.54, 1.807) is 0 Å². The van der Waals surface area contributed by atoms with Crippen LogP contribution < -0.4 is 0 Å². The summed E-state index contributed by atoms with van der Waals surface area (Å²) in [4.78, 5) is 38.0. The lowest BCUT2D eigenvalue weighted by molar-refractivity contribution is -0.167. The van der Waals surface area contributed by atoms with Crippen LogP contribution in [-0.4, -0.2) is 37.2 Å². The van der Waals surface area contributed by atoms with E-state index in [-0.39, 0.29) is 31.1 Å². The van der Waals surface area contributed by atoms with Crippen molar-refractivity contribution in [2.75, 3.05) is 13.2 Å². The molecule has 0 saturated heterocycles. The average molecular weight is 892 g/mol. The summed E-state index contributed by atoms with van der Waals surface area (Å²) in [7, 11) is 0. The van der Waals surface area contributed by atoms with E-state index in [2.05, 4.69) is 20.8 Å². The summed E-state index contributed by atoms with van der Waals surface area (Å²) in [6.07, 6.45) is 58.1. The SMILES string of the molecule is CCCCCCCCCCCCCCCCCCCCCC(=O)OC[C@@H](COC(=O)CCCCCCCCCCCCCCCCCC)OC(=O)CCCCCCCCCCCC. The van der Waals surface area contributed by atoms with Crippen molar-refractivity contribution in [1.29, 1.82) is 0 Å². The molecule has 0 aromatic rings. The monoisotopic (exact) mass is 891 g/mol. The molecule has 0 aliphatic carbocycles. The number of unbranched alkanes of at least 4 members (excludes halogenated alkanes) is 42. The van der Waals surface area contributed by atoms with Gasteiger partial charge in [0.2, 0.25) is 0 Å². The third kappa shape index (κ3) is 51.3. The summed E-state index contributed by atoms with van der Waals surface area (Å²) in [5.41, 5.74) is 0. The fourth-order valence-electron chi connectivity index (χ4n) is 8.80. The molecule has 6 heteroatoms. The molecule has 0 rings (SSSR count). The molecule has 0 amide bonds. The molecule has 0 aliphatic rings. The van der Waals surface area contributed by atoms with E-state index < -0.39 is 6.10 Å². The second kappa shape index (κ2) is 53.0. The van der Waals surface area contributed by atoms with E-state index in [1.165, 1.54) is 231 Å². The van der Waals surface area contributed by atoms with E-state index in [9.17, 15) is 14.4 Å². The topological polar surface area (TPSA) is 78.9 Å². The molecule has 0 saturated carbocycles. The molecular weight excluding hydrogens is 781 g/mol. The quantitative estimate of drug-likeness (QED) is 0.0344. The van der Waals surface area contributed by atoms with Gasteiger partial charge >= 0.3 is 17.9 Å². The van der Waals surface area contributed by atoms with Gasteiger partial charge in [-0.05, 0) is 19.3 Å². The van der Waals surface area contributed by atoms with Gasteiger partial charge in [-0.25, -0.2) is 0 Å². The van der Waals surface area contributed by atoms with Crippen LogP contribution in [0.3, 0.4) is 0 Å². The van der Waals surface area contributed by atoms with Crippen LogP contribution in [0.5, 0.6) is 0 Å². The van der Waals surface area contributed by atoms with Gasteiger partial charge in [-0.2, -0.15) is 0 Å². The minimum absolute atomic E-state index is 0.0615. The molecule has 0 spiro atoms. The highest BCUT2D eigenvalue weighted by molar-refractivity contribution is 5.71. The van der Waals surface area contributed by atoms with Gasteiger partial charge < -0.3 is 14.2 Å². The third-order valence-corrected chi connectivity index (χ3v) is 13.1. The van der Waals surface area contributed by atoms with Gasteiger partial charge in [0.15, 0.2) is 6.10 Å². The van der Waals surface area contributed by atoms with Crippen LogP contribution in [-0.2, 0) is 28.6 Å². The molecule has 0 fully saturated rings. The second-order valence-corrected chi connectivity index (χ2v) is 19.6. The summed E-state index contributed by atoms with van der Waals surface area (Å²) in [6, 6.07) is 0. The van der Waals surface area contributed by atoms with Gasteiger partial charge in [0.25, 0.3) is 0 Å². The maximum Gasteiger partial charge on any atom is 0.306 e. The number of carbonyl (C=O) groups is 3. The molecule has 63 heavy (non-hydrogen) atoms. The highest BCUT2D eigenvalue weighted by atomic mass is 16.6. The lowest BCUT2D eigenvalue weighted by atomic mass is 10.0. The van der Waals surface area contributed by atoms with Crippen LogP contribution in [0.25, 0.3) is 0 Å². The van der Waals surface area contributed by atoms with Gasteiger partial charge in [-0.3, -0.25) is 14.4 Å². The zero-order chi connectivity index (χ0) is 45.8. The van der Waals surface area contributed by atoms with Crippen LogP contribution in [0.2, 0.25) is 0 Å². The molecule has 374 valence electrons. The lowest BCUT2D eigenvalue weighted by Crippen LogP contribution is -2.30. The first kappa shape index (κ1) is 61.4. The van der Waals surface area contributed by atoms with Crippen molar-refractivity contribution in [2.24, 2.45) is 0 Å². The average Bonchev–Trinajstić information content (AvgIpc) is 3.28. The van der Waals surface area contributed by atoms with Gasteiger partial charge in [0.05, 0.1) is 0 Å². The van der Waals surface area contributed by atoms with Gasteiger partial charge in [-0.1, -0.05) is 290 Å². The number of esters is 3. The van der Waals surface area contributed by atoms with Crippen LogP contribution in [0.1, 0.15) is 329 Å². The van der Waals surface area contributed by atoms with Crippen molar-refractivity contribution in [3.05, 3.63) is 0 Å². The molecule has 0 aromatic heterocycles. The largest absolute Gasteiger partial charge is 0.462 e. The molecule has 1 atom stereocenters. The molecule has 0 unspecified atom stereocenters. The Balaban J connectivity index is 4.20. The summed E-state index contributed by atoms with van der Waals surface area (Å²) in [6.45, 7) is 6.69. The van der Waals surface area contributed by atoms with E-state index in [0.29, 0.717) is 19.3 Å². The van der Waals surface area contributed by atoms with Crippen LogP contribution >= 0.6 is 0 Å². The summed E-state index contributed by atoms with van der Waals surface area (Å²) in [5.74, 6) is -0.836. The Bertz CT molecular complexity index is 936. The van der Waals surface area contributed by atoms with Crippen molar-refractivity contribution in [3.8, 4) is 0 Å². The number of ether oxygens (including phenoxy) is 3. The summed E-state index contributed by atoms with van der Waals surface area (Å²) >= 11 is 0. The predicted molar refractivity (Wildman–Crippen MR) is 270 cm³/mol. The number of hydrogen-bond acceptors (Lipinski definition) is 6. The standard InChI is InChI=1S/C57H110O6/c1-4-7-10-13-16-19-22-24-26-28-29-30-32-34-36-39-41-44-47-50-56(59)62-53-54(63-57(60)51-48-45-42-37-21-18-15-12-9-6-3)52-61-55(58)49-46-43-40-38-35-33-31-27-25-23-20-17-14-11-8-5-2/h54H,4-53H2,1-3H3/t54-/m1/s1. The van der Waals surface area contributed by atoms with Crippen molar-refractivity contribution < 1.29 is 28.6 Å². The zero-order valence-electron chi connectivity index (χ0n) is 42.9. The molecule has 0 N–H and O–H groups in total. The highest BCUT2D eigenvalue weighted by Crippen LogP contribution is 2.18. The Morgan fingerprint density at radius 2 is 0.429 bits per heavy atom. The molecule has 0 bridgehead atoms. The molecule has 6 nitrogen and oxygen atoms in total. The Labute approximate surface area is 393 Å². The van der Waals surface area contributed by atoms with Crippen molar-refractivity contribution in [2.45, 2.75) is 335 Å². The minimum Gasteiger partial charge on any atom is -0.462 e. The minimum atomic E-state index is -0.760. The molecule has 0 radical (unpaired) electrons. The third-order valence-electron chi connectivity index (χ3n) is 13.1.